The molecule has 0 aliphatic heterocycles. The molecule has 0 unspecified atom stereocenters. The fourth-order valence-electron chi connectivity index (χ4n) is 1.02. The van der Waals surface area contributed by atoms with Crippen LogP contribution in [0.1, 0.15) is 17.2 Å². The lowest BCUT2D eigenvalue weighted by molar-refractivity contribution is -0.137. The third kappa shape index (κ3) is 2.46. The van der Waals surface area contributed by atoms with E-state index in [2.05, 4.69) is 0 Å². The van der Waals surface area contributed by atoms with E-state index in [4.69, 9.17) is 10.8 Å². The second-order valence-corrected chi connectivity index (χ2v) is 2.91. The van der Waals surface area contributed by atoms with E-state index < -0.39 is 17.8 Å². The van der Waals surface area contributed by atoms with Gasteiger partial charge in [-0.2, -0.15) is 13.2 Å². The smallest absolute Gasteiger partial charge is 0.394 e. The van der Waals surface area contributed by atoms with Crippen molar-refractivity contribution in [3.05, 3.63) is 35.4 Å². The summed E-state index contributed by atoms with van der Waals surface area (Å²) in [6.45, 7) is -0.286. The maximum Gasteiger partial charge on any atom is 0.416 e. The molecule has 5 heteroatoms. The van der Waals surface area contributed by atoms with E-state index in [1.165, 1.54) is 12.1 Å². The number of rotatable bonds is 2. The molecule has 1 aromatic carbocycles. The topological polar surface area (TPSA) is 46.2 Å². The number of alkyl halides is 3. The normalized spacial score (nSPS) is 14.1. The van der Waals surface area contributed by atoms with Crippen LogP contribution in [-0.4, -0.2) is 11.7 Å². The van der Waals surface area contributed by atoms with Gasteiger partial charge in [0.2, 0.25) is 0 Å². The van der Waals surface area contributed by atoms with Gasteiger partial charge in [0.1, 0.15) is 0 Å². The number of halogens is 3. The highest BCUT2D eigenvalue weighted by Crippen LogP contribution is 2.29. The molecule has 0 fully saturated rings. The van der Waals surface area contributed by atoms with Crippen LogP contribution in [0.4, 0.5) is 13.2 Å². The van der Waals surface area contributed by atoms with Crippen LogP contribution in [0, 0.1) is 0 Å². The highest BCUT2D eigenvalue weighted by Gasteiger charge is 2.30. The van der Waals surface area contributed by atoms with Gasteiger partial charge in [0.25, 0.3) is 0 Å². The average Bonchev–Trinajstić information content (AvgIpc) is 2.15. The molecule has 0 amide bonds. The fourth-order valence-corrected chi connectivity index (χ4v) is 1.02. The molecule has 0 radical (unpaired) electrons. The van der Waals surface area contributed by atoms with Gasteiger partial charge < -0.3 is 10.8 Å². The van der Waals surface area contributed by atoms with Crippen LogP contribution >= 0.6 is 0 Å². The Labute approximate surface area is 79.2 Å². The Morgan fingerprint density at radius 2 is 1.71 bits per heavy atom. The molecule has 0 spiro atoms. The molecule has 0 saturated carbocycles. The number of aliphatic hydroxyl groups is 1. The number of aliphatic hydroxyl groups excluding tert-OH is 1. The summed E-state index contributed by atoms with van der Waals surface area (Å²) in [5, 5.41) is 8.67. The van der Waals surface area contributed by atoms with Crippen LogP contribution in [0.2, 0.25) is 0 Å². The zero-order valence-electron chi connectivity index (χ0n) is 7.25. The molecule has 78 valence electrons. The number of hydrogen-bond acceptors (Lipinski definition) is 2. The van der Waals surface area contributed by atoms with Crippen molar-refractivity contribution in [1.82, 2.24) is 0 Å². The first-order chi connectivity index (χ1) is 6.45. The molecule has 3 N–H and O–H groups in total. The summed E-state index contributed by atoms with van der Waals surface area (Å²) in [6.07, 6.45) is -4.33. The van der Waals surface area contributed by atoms with Gasteiger partial charge in [0.05, 0.1) is 18.2 Å². The molecular weight excluding hydrogens is 195 g/mol. The van der Waals surface area contributed by atoms with Crippen molar-refractivity contribution in [2.45, 2.75) is 12.2 Å². The molecule has 2 nitrogen and oxygen atoms in total. The molecule has 14 heavy (non-hydrogen) atoms. The molecule has 0 aromatic heterocycles. The fraction of sp³-hybridized carbons (Fsp3) is 0.333. The van der Waals surface area contributed by atoms with Gasteiger partial charge >= 0.3 is 6.18 Å². The van der Waals surface area contributed by atoms with Crippen LogP contribution in [0.25, 0.3) is 0 Å². The van der Waals surface area contributed by atoms with Crippen molar-refractivity contribution >= 4 is 0 Å². The molecule has 0 heterocycles. The SMILES string of the molecule is N[C@@H](CO)c1ccc(C(F)(F)F)cc1. The summed E-state index contributed by atoms with van der Waals surface area (Å²) in [5.74, 6) is 0. The lowest BCUT2D eigenvalue weighted by Gasteiger charge is -2.10. The molecule has 0 aliphatic carbocycles. The predicted octanol–water partition coefficient (Wildman–Crippen LogP) is 1.70. The minimum atomic E-state index is -4.33. The number of benzene rings is 1. The Morgan fingerprint density at radius 3 is 2.07 bits per heavy atom. The van der Waals surface area contributed by atoms with Crippen LogP contribution in [-0.2, 0) is 6.18 Å². The molecule has 0 aliphatic rings. The quantitative estimate of drug-likeness (QED) is 0.771. The minimum Gasteiger partial charge on any atom is -0.394 e. The van der Waals surface area contributed by atoms with Crippen molar-refractivity contribution in [2.75, 3.05) is 6.61 Å². The molecular formula is C9H10F3NO. The van der Waals surface area contributed by atoms with Crippen molar-refractivity contribution in [2.24, 2.45) is 5.73 Å². The van der Waals surface area contributed by atoms with Gasteiger partial charge in [-0.05, 0) is 17.7 Å². The van der Waals surface area contributed by atoms with Crippen LogP contribution in [0.3, 0.4) is 0 Å². The third-order valence-electron chi connectivity index (χ3n) is 1.86. The maximum absolute atomic E-state index is 12.1. The molecule has 1 rings (SSSR count). The monoisotopic (exact) mass is 205 g/mol. The summed E-state index contributed by atoms with van der Waals surface area (Å²) in [5.41, 5.74) is 5.19. The van der Waals surface area contributed by atoms with E-state index in [9.17, 15) is 13.2 Å². The zero-order valence-corrected chi connectivity index (χ0v) is 7.25. The first-order valence-electron chi connectivity index (χ1n) is 3.98. The van der Waals surface area contributed by atoms with Crippen LogP contribution in [0.5, 0.6) is 0 Å². The second-order valence-electron chi connectivity index (χ2n) is 2.91. The Morgan fingerprint density at radius 1 is 1.21 bits per heavy atom. The largest absolute Gasteiger partial charge is 0.416 e. The van der Waals surface area contributed by atoms with Crippen molar-refractivity contribution < 1.29 is 18.3 Å². The molecule has 1 atom stereocenters. The van der Waals surface area contributed by atoms with Gasteiger partial charge in [0, 0.05) is 0 Å². The van der Waals surface area contributed by atoms with E-state index in [-0.39, 0.29) is 6.61 Å². The van der Waals surface area contributed by atoms with E-state index in [1.807, 2.05) is 0 Å². The van der Waals surface area contributed by atoms with Crippen LogP contribution < -0.4 is 5.73 Å². The lowest BCUT2D eigenvalue weighted by atomic mass is 10.1. The summed E-state index contributed by atoms with van der Waals surface area (Å²) < 4.78 is 36.4. The lowest BCUT2D eigenvalue weighted by Crippen LogP contribution is -2.14. The summed E-state index contributed by atoms with van der Waals surface area (Å²) >= 11 is 0. The number of hydrogen-bond donors (Lipinski definition) is 2. The Hall–Kier alpha value is -1.07. The van der Waals surface area contributed by atoms with Gasteiger partial charge in [0.15, 0.2) is 0 Å². The predicted molar refractivity (Wildman–Crippen MR) is 45.5 cm³/mol. The standard InChI is InChI=1S/C9H10F3NO/c10-9(11,12)7-3-1-6(2-4-7)8(13)5-14/h1-4,8,14H,5,13H2/t8-/m0/s1. The van der Waals surface area contributed by atoms with Gasteiger partial charge in [-0.3, -0.25) is 0 Å². The van der Waals surface area contributed by atoms with Crippen LogP contribution in [0.15, 0.2) is 24.3 Å². The van der Waals surface area contributed by atoms with Crippen molar-refractivity contribution in [1.29, 1.82) is 0 Å². The molecule has 0 saturated heterocycles. The second kappa shape index (κ2) is 3.98. The summed E-state index contributed by atoms with van der Waals surface area (Å²) in [4.78, 5) is 0. The summed E-state index contributed by atoms with van der Waals surface area (Å²) in [6, 6.07) is 3.81. The van der Waals surface area contributed by atoms with Crippen molar-refractivity contribution in [3.63, 3.8) is 0 Å². The van der Waals surface area contributed by atoms with Crippen molar-refractivity contribution in [3.8, 4) is 0 Å². The first-order valence-corrected chi connectivity index (χ1v) is 3.98. The van der Waals surface area contributed by atoms with Gasteiger partial charge in [-0.25, -0.2) is 0 Å². The highest BCUT2D eigenvalue weighted by atomic mass is 19.4. The maximum atomic E-state index is 12.1. The van der Waals surface area contributed by atoms with E-state index in [0.717, 1.165) is 12.1 Å². The van der Waals surface area contributed by atoms with Gasteiger partial charge in [-0.1, -0.05) is 12.1 Å². The molecule has 0 bridgehead atoms. The minimum absolute atomic E-state index is 0.286. The zero-order chi connectivity index (χ0) is 10.8. The Kier molecular flexibility index (Phi) is 3.13. The molecule has 1 aromatic rings. The Balaban J connectivity index is 2.89. The van der Waals surface area contributed by atoms with E-state index >= 15 is 0 Å². The van der Waals surface area contributed by atoms with E-state index in [0.29, 0.717) is 5.56 Å². The Bertz CT molecular complexity index is 294. The highest BCUT2D eigenvalue weighted by molar-refractivity contribution is 5.26. The third-order valence-corrected chi connectivity index (χ3v) is 1.86. The van der Waals surface area contributed by atoms with Gasteiger partial charge in [-0.15, -0.1) is 0 Å². The summed E-state index contributed by atoms with van der Waals surface area (Å²) in [7, 11) is 0. The average molecular weight is 205 g/mol. The van der Waals surface area contributed by atoms with E-state index in [1.54, 1.807) is 0 Å². The number of nitrogens with two attached hydrogens (primary N) is 1. The first kappa shape index (κ1) is 11.0.